The van der Waals surface area contributed by atoms with E-state index in [0.29, 0.717) is 10.0 Å². The van der Waals surface area contributed by atoms with Crippen molar-refractivity contribution in [2.24, 2.45) is 0 Å². The minimum absolute atomic E-state index is 0.131. The van der Waals surface area contributed by atoms with E-state index in [1.807, 2.05) is 24.3 Å². The van der Waals surface area contributed by atoms with Crippen molar-refractivity contribution in [3.05, 3.63) is 70.2 Å². The molecule has 27 heavy (non-hydrogen) atoms. The lowest BCUT2D eigenvalue weighted by Gasteiger charge is -2.06. The van der Waals surface area contributed by atoms with E-state index in [1.165, 1.54) is 11.3 Å². The standard InChI is InChI=1S/C19H16ClN3O3S/c1-26-15-8-4-13(5-9-15)19-21-16(11-27-19)18(25)23-22-17(24)10-12-2-6-14(20)7-3-12/h2-9,11H,10H2,1H3,(H,22,24)(H,23,25). The third-order valence-electron chi connectivity index (χ3n) is 3.67. The quantitative estimate of drug-likeness (QED) is 0.641. The van der Waals surface area contributed by atoms with Crippen LogP contribution in [0.4, 0.5) is 0 Å². The Kier molecular flexibility index (Phi) is 6.05. The number of hydrogen-bond acceptors (Lipinski definition) is 5. The van der Waals surface area contributed by atoms with Gasteiger partial charge in [0.2, 0.25) is 5.91 Å². The predicted molar refractivity (Wildman–Crippen MR) is 105 cm³/mol. The van der Waals surface area contributed by atoms with E-state index >= 15 is 0 Å². The van der Waals surface area contributed by atoms with Crippen molar-refractivity contribution < 1.29 is 14.3 Å². The molecule has 2 aromatic carbocycles. The fourth-order valence-corrected chi connectivity index (χ4v) is 3.20. The van der Waals surface area contributed by atoms with Gasteiger partial charge in [0.25, 0.3) is 5.91 Å². The predicted octanol–water partition coefficient (Wildman–Crippen LogP) is 3.48. The zero-order valence-electron chi connectivity index (χ0n) is 14.4. The first-order valence-corrected chi connectivity index (χ1v) is 9.24. The molecule has 0 aliphatic heterocycles. The number of benzene rings is 2. The molecule has 0 spiro atoms. The number of carbonyl (C=O) groups excluding carboxylic acids is 2. The van der Waals surface area contributed by atoms with Gasteiger partial charge in [0, 0.05) is 16.0 Å². The molecule has 0 fully saturated rings. The average molecular weight is 402 g/mol. The number of aromatic nitrogens is 1. The molecule has 8 heteroatoms. The van der Waals surface area contributed by atoms with Crippen LogP contribution in [-0.4, -0.2) is 23.9 Å². The van der Waals surface area contributed by atoms with E-state index < -0.39 is 5.91 Å². The molecular formula is C19H16ClN3O3S. The minimum Gasteiger partial charge on any atom is -0.497 e. The van der Waals surface area contributed by atoms with Crippen LogP contribution in [0.3, 0.4) is 0 Å². The van der Waals surface area contributed by atoms with Gasteiger partial charge >= 0.3 is 0 Å². The molecule has 0 saturated heterocycles. The van der Waals surface area contributed by atoms with Gasteiger partial charge in [-0.25, -0.2) is 4.98 Å². The summed E-state index contributed by atoms with van der Waals surface area (Å²) in [4.78, 5) is 28.4. The zero-order valence-corrected chi connectivity index (χ0v) is 15.9. The maximum absolute atomic E-state index is 12.2. The maximum Gasteiger partial charge on any atom is 0.289 e. The lowest BCUT2D eigenvalue weighted by Crippen LogP contribution is -2.42. The van der Waals surface area contributed by atoms with Crippen LogP contribution < -0.4 is 15.6 Å². The number of hydrazine groups is 1. The van der Waals surface area contributed by atoms with Gasteiger partial charge in [-0.1, -0.05) is 23.7 Å². The number of nitrogens with zero attached hydrogens (tertiary/aromatic N) is 1. The third-order valence-corrected chi connectivity index (χ3v) is 4.81. The Labute approximate surface area is 165 Å². The highest BCUT2D eigenvalue weighted by Crippen LogP contribution is 2.25. The van der Waals surface area contributed by atoms with Gasteiger partial charge in [0.15, 0.2) is 0 Å². The number of hydrogen-bond donors (Lipinski definition) is 2. The maximum atomic E-state index is 12.2. The summed E-state index contributed by atoms with van der Waals surface area (Å²) in [6.07, 6.45) is 0.131. The van der Waals surface area contributed by atoms with Gasteiger partial charge in [0.1, 0.15) is 16.5 Å². The van der Waals surface area contributed by atoms with Gasteiger partial charge in [0.05, 0.1) is 13.5 Å². The Balaban J connectivity index is 1.55. The second-order valence-corrected chi connectivity index (χ2v) is 6.87. The molecule has 0 bridgehead atoms. The average Bonchev–Trinajstić information content (AvgIpc) is 3.18. The molecule has 1 heterocycles. The molecule has 0 radical (unpaired) electrons. The van der Waals surface area contributed by atoms with Gasteiger partial charge in [-0.05, 0) is 42.0 Å². The third kappa shape index (κ3) is 5.06. The number of nitrogens with one attached hydrogen (secondary N) is 2. The van der Waals surface area contributed by atoms with Gasteiger partial charge < -0.3 is 4.74 Å². The number of ether oxygens (including phenoxy) is 1. The Hall–Kier alpha value is -2.90. The summed E-state index contributed by atoms with van der Waals surface area (Å²) in [6.45, 7) is 0. The van der Waals surface area contributed by atoms with Gasteiger partial charge in [-0.15, -0.1) is 11.3 Å². The summed E-state index contributed by atoms with van der Waals surface area (Å²) < 4.78 is 5.12. The van der Waals surface area contributed by atoms with E-state index in [-0.39, 0.29) is 18.0 Å². The Morgan fingerprint density at radius 2 is 1.78 bits per heavy atom. The van der Waals surface area contributed by atoms with Crippen LogP contribution in [0.15, 0.2) is 53.9 Å². The van der Waals surface area contributed by atoms with Crippen molar-refractivity contribution in [2.75, 3.05) is 7.11 Å². The first-order chi connectivity index (χ1) is 13.0. The summed E-state index contributed by atoms with van der Waals surface area (Å²) in [5, 5.41) is 2.94. The molecule has 0 saturated carbocycles. The molecule has 0 atom stereocenters. The summed E-state index contributed by atoms with van der Waals surface area (Å²) in [5.74, 6) is -0.0663. The van der Waals surface area contributed by atoms with Crippen molar-refractivity contribution in [2.45, 2.75) is 6.42 Å². The molecule has 3 aromatic rings. The molecule has 1 aromatic heterocycles. The highest BCUT2D eigenvalue weighted by molar-refractivity contribution is 7.13. The highest BCUT2D eigenvalue weighted by Gasteiger charge is 2.13. The minimum atomic E-state index is -0.476. The second kappa shape index (κ2) is 8.66. The van der Waals surface area contributed by atoms with Crippen LogP contribution in [0.5, 0.6) is 5.75 Å². The monoisotopic (exact) mass is 401 g/mol. The fourth-order valence-electron chi connectivity index (χ4n) is 2.27. The van der Waals surface area contributed by atoms with Crippen LogP contribution in [0, 0.1) is 0 Å². The number of thiazole rings is 1. The van der Waals surface area contributed by atoms with Crippen LogP contribution in [0.25, 0.3) is 10.6 Å². The fraction of sp³-hybridized carbons (Fsp3) is 0.105. The van der Waals surface area contributed by atoms with Crippen LogP contribution in [0.2, 0.25) is 5.02 Å². The molecule has 138 valence electrons. The number of rotatable bonds is 5. The number of methoxy groups -OCH3 is 1. The lowest BCUT2D eigenvalue weighted by atomic mass is 10.1. The van der Waals surface area contributed by atoms with Crippen molar-refractivity contribution >= 4 is 34.8 Å². The van der Waals surface area contributed by atoms with Crippen molar-refractivity contribution in [1.82, 2.24) is 15.8 Å². The van der Waals surface area contributed by atoms with Crippen LogP contribution in [0.1, 0.15) is 16.1 Å². The van der Waals surface area contributed by atoms with Crippen molar-refractivity contribution in [3.8, 4) is 16.3 Å². The van der Waals surface area contributed by atoms with Crippen molar-refractivity contribution in [1.29, 1.82) is 0 Å². The molecule has 2 N–H and O–H groups in total. The molecule has 6 nitrogen and oxygen atoms in total. The second-order valence-electron chi connectivity index (χ2n) is 5.57. The van der Waals surface area contributed by atoms with Gasteiger partial charge in [-0.2, -0.15) is 0 Å². The number of halogens is 1. The summed E-state index contributed by atoms with van der Waals surface area (Å²) in [5.41, 5.74) is 6.67. The molecule has 0 aliphatic rings. The molecular weight excluding hydrogens is 386 g/mol. The highest BCUT2D eigenvalue weighted by atomic mass is 35.5. The molecule has 0 unspecified atom stereocenters. The number of carbonyl (C=O) groups is 2. The first kappa shape index (κ1) is 18.9. The topological polar surface area (TPSA) is 80.3 Å². The van der Waals surface area contributed by atoms with Crippen molar-refractivity contribution in [3.63, 3.8) is 0 Å². The van der Waals surface area contributed by atoms with Crippen LogP contribution in [-0.2, 0) is 11.2 Å². The largest absolute Gasteiger partial charge is 0.497 e. The van der Waals surface area contributed by atoms with E-state index in [4.69, 9.17) is 16.3 Å². The summed E-state index contributed by atoms with van der Waals surface area (Å²) >= 11 is 7.16. The zero-order chi connectivity index (χ0) is 19.2. The molecule has 0 aliphatic carbocycles. The van der Waals surface area contributed by atoms with E-state index in [0.717, 1.165) is 16.9 Å². The summed E-state index contributed by atoms with van der Waals surface area (Å²) in [6, 6.07) is 14.3. The molecule has 3 rings (SSSR count). The lowest BCUT2D eigenvalue weighted by molar-refractivity contribution is -0.121. The van der Waals surface area contributed by atoms with Crippen LogP contribution >= 0.6 is 22.9 Å². The van der Waals surface area contributed by atoms with E-state index in [1.54, 1.807) is 36.8 Å². The Morgan fingerprint density at radius 3 is 2.44 bits per heavy atom. The first-order valence-electron chi connectivity index (χ1n) is 7.99. The Bertz CT molecular complexity index is 940. The number of amides is 2. The van der Waals surface area contributed by atoms with Gasteiger partial charge in [-0.3, -0.25) is 20.4 Å². The molecule has 2 amide bonds. The normalized spacial score (nSPS) is 10.3. The van der Waals surface area contributed by atoms with E-state index in [9.17, 15) is 9.59 Å². The Morgan fingerprint density at radius 1 is 1.07 bits per heavy atom. The van der Waals surface area contributed by atoms with E-state index in [2.05, 4.69) is 15.8 Å². The smallest absolute Gasteiger partial charge is 0.289 e. The SMILES string of the molecule is COc1ccc(-c2nc(C(=O)NNC(=O)Cc3ccc(Cl)cc3)cs2)cc1. The summed E-state index contributed by atoms with van der Waals surface area (Å²) in [7, 11) is 1.60.